The van der Waals surface area contributed by atoms with Crippen molar-refractivity contribution in [1.82, 2.24) is 0 Å². The van der Waals surface area contributed by atoms with Gasteiger partial charge in [-0.25, -0.2) is 0 Å². The van der Waals surface area contributed by atoms with Crippen LogP contribution in [0, 0.1) is 0 Å². The molecule has 0 bridgehead atoms. The largest absolute Gasteiger partial charge is 0.0622 e. The third-order valence-corrected chi connectivity index (χ3v) is 15.4. The summed E-state index contributed by atoms with van der Waals surface area (Å²) < 4.78 is 0. The Labute approximate surface area is 381 Å². The van der Waals surface area contributed by atoms with Crippen LogP contribution < -0.4 is 0 Å². The molecule has 1 aliphatic rings. The molecule has 0 fully saturated rings. The highest BCUT2D eigenvalue weighted by molar-refractivity contribution is 6.44. The van der Waals surface area contributed by atoms with Gasteiger partial charge in [-0.1, -0.05) is 207 Å². The second kappa shape index (κ2) is 13.0. The molecule has 13 rings (SSSR count). The highest BCUT2D eigenvalue weighted by Crippen LogP contribution is 2.57. The van der Waals surface area contributed by atoms with Gasteiger partial charge in [0.05, 0.1) is 0 Å². The molecule has 12 aromatic carbocycles. The molecule has 0 saturated carbocycles. The summed E-state index contributed by atoms with van der Waals surface area (Å²) in [5.41, 5.74) is 16.1. The third-order valence-electron chi connectivity index (χ3n) is 15.4. The fourth-order valence-corrected chi connectivity index (χ4v) is 12.1. The molecule has 12 aromatic rings. The van der Waals surface area contributed by atoms with Gasteiger partial charge in [-0.15, -0.1) is 0 Å². The van der Waals surface area contributed by atoms with E-state index in [4.69, 9.17) is 0 Å². The molecule has 0 spiro atoms. The van der Waals surface area contributed by atoms with E-state index in [0.717, 1.165) is 0 Å². The van der Waals surface area contributed by atoms with Gasteiger partial charge in [0.1, 0.15) is 0 Å². The summed E-state index contributed by atoms with van der Waals surface area (Å²) in [6.45, 7) is 18.9. The molecular weight excluding hydrogens is 781 g/mol. The van der Waals surface area contributed by atoms with Crippen LogP contribution in [0.15, 0.2) is 170 Å². The maximum atomic E-state index is 2.56. The number of hydrogen-bond donors (Lipinski definition) is 0. The Kier molecular flexibility index (Phi) is 7.72. The van der Waals surface area contributed by atoms with Gasteiger partial charge >= 0.3 is 0 Å². The predicted molar refractivity (Wildman–Crippen MR) is 283 cm³/mol. The van der Waals surface area contributed by atoms with Crippen LogP contribution in [0.3, 0.4) is 0 Å². The van der Waals surface area contributed by atoms with Gasteiger partial charge < -0.3 is 0 Å². The van der Waals surface area contributed by atoms with Crippen LogP contribution in [0.5, 0.6) is 0 Å². The molecule has 0 heterocycles. The second-order valence-electron chi connectivity index (χ2n) is 21.6. The molecule has 0 radical (unpaired) electrons. The van der Waals surface area contributed by atoms with Gasteiger partial charge in [0.2, 0.25) is 0 Å². The molecule has 65 heavy (non-hydrogen) atoms. The van der Waals surface area contributed by atoms with E-state index in [2.05, 4.69) is 225 Å². The van der Waals surface area contributed by atoms with Gasteiger partial charge in [0.15, 0.2) is 0 Å². The summed E-state index contributed by atoms with van der Waals surface area (Å²) >= 11 is 0. The summed E-state index contributed by atoms with van der Waals surface area (Å²) in [4.78, 5) is 0. The molecule has 0 atom stereocenters. The van der Waals surface area contributed by atoms with Crippen molar-refractivity contribution in [2.45, 2.75) is 71.6 Å². The van der Waals surface area contributed by atoms with Crippen LogP contribution in [-0.2, 0) is 16.2 Å². The first-order valence-corrected chi connectivity index (χ1v) is 23.5. The van der Waals surface area contributed by atoms with Gasteiger partial charge in [0.25, 0.3) is 0 Å². The maximum absolute atomic E-state index is 2.56. The van der Waals surface area contributed by atoms with Crippen LogP contribution in [-0.4, -0.2) is 0 Å². The molecular formula is C65H52. The average Bonchev–Trinajstić information content (AvgIpc) is 3.89. The smallest absolute Gasteiger partial charge is 0.0159 e. The molecule has 0 N–H and O–H groups in total. The van der Waals surface area contributed by atoms with Crippen LogP contribution in [0.4, 0.5) is 0 Å². The summed E-state index contributed by atoms with van der Waals surface area (Å²) in [6.07, 6.45) is 0. The van der Waals surface area contributed by atoms with Crippen LogP contribution in [0.1, 0.15) is 77.6 Å². The Balaban J connectivity index is 1.17. The van der Waals surface area contributed by atoms with Crippen molar-refractivity contribution in [2.24, 2.45) is 0 Å². The van der Waals surface area contributed by atoms with E-state index in [1.54, 1.807) is 0 Å². The molecule has 0 amide bonds. The van der Waals surface area contributed by atoms with E-state index in [0.29, 0.717) is 0 Å². The van der Waals surface area contributed by atoms with Gasteiger partial charge in [0, 0.05) is 5.41 Å². The van der Waals surface area contributed by atoms with Crippen molar-refractivity contribution in [2.75, 3.05) is 0 Å². The third kappa shape index (κ3) is 5.26. The Bertz CT molecular complexity index is 3940. The lowest BCUT2D eigenvalue weighted by atomic mass is 9.76. The van der Waals surface area contributed by atoms with E-state index < -0.39 is 0 Å². The van der Waals surface area contributed by atoms with E-state index >= 15 is 0 Å². The van der Waals surface area contributed by atoms with Crippen LogP contribution >= 0.6 is 0 Å². The Morgan fingerprint density at radius 2 is 0.892 bits per heavy atom. The van der Waals surface area contributed by atoms with E-state index in [1.165, 1.54) is 142 Å². The topological polar surface area (TPSA) is 0 Å². The zero-order valence-electron chi connectivity index (χ0n) is 38.7. The van der Waals surface area contributed by atoms with Gasteiger partial charge in [-0.05, 0) is 171 Å². The van der Waals surface area contributed by atoms with Gasteiger partial charge in [-0.3, -0.25) is 0 Å². The standard InChI is InChI=1S/C65H52/c1-63(2,3)41-29-31-45-53(34-41)65(7,8)54-35-42(64(4,5)6)33-49(59(45)54)40-28-30-43-50(32-40)44-24-17-27-48-58(44)51(43)36-52-56(38-18-11-9-12-19-38)61-46-25-15-22-37-23-16-26-47(55(37)46)62(61)57(60(48)52)39-20-13-10-14-21-39/h9-36H,1-8H3. The lowest BCUT2D eigenvalue weighted by molar-refractivity contribution is 0.580. The highest BCUT2D eigenvalue weighted by Gasteiger charge is 2.39. The number of benzene rings is 10. The SMILES string of the molecule is CC(C)(C)c1ccc2c(c1)C(C)(C)c1cc(C(C)(C)C)cc(-c3ccc4c(c3)c3cccc5c6c(-c7ccccc7)c7c8cccc9cccc(c7c(-c7ccccc7)c6cc4c35)c98)c1-2. The fourth-order valence-electron chi connectivity index (χ4n) is 12.1. The molecule has 0 aromatic heterocycles. The van der Waals surface area contributed by atoms with Crippen LogP contribution in [0.25, 0.3) is 120 Å². The summed E-state index contributed by atoms with van der Waals surface area (Å²) in [6, 6.07) is 65.5. The first-order valence-electron chi connectivity index (χ1n) is 23.5. The molecule has 0 nitrogen and oxygen atoms in total. The lowest BCUT2D eigenvalue weighted by Crippen LogP contribution is -2.19. The fraction of sp³-hybridized carbons (Fsp3) is 0.169. The molecule has 0 unspecified atom stereocenters. The normalized spacial score (nSPS) is 14.0. The zero-order valence-corrected chi connectivity index (χ0v) is 38.7. The average molecular weight is 833 g/mol. The number of rotatable bonds is 3. The second-order valence-corrected chi connectivity index (χ2v) is 21.6. The minimum atomic E-state index is -0.125. The molecule has 0 saturated heterocycles. The maximum Gasteiger partial charge on any atom is 0.0159 e. The minimum absolute atomic E-state index is 0.0108. The van der Waals surface area contributed by atoms with Crippen molar-refractivity contribution >= 4 is 75.4 Å². The molecule has 0 heteroatoms. The minimum Gasteiger partial charge on any atom is -0.0622 e. The Morgan fingerprint density at radius 1 is 0.308 bits per heavy atom. The summed E-state index contributed by atoms with van der Waals surface area (Å²) in [5, 5.41) is 18.6. The quantitative estimate of drug-likeness (QED) is 0.156. The monoisotopic (exact) mass is 832 g/mol. The van der Waals surface area contributed by atoms with Gasteiger partial charge in [-0.2, -0.15) is 0 Å². The van der Waals surface area contributed by atoms with Crippen molar-refractivity contribution in [3.8, 4) is 44.5 Å². The Hall–Kier alpha value is -7.02. The number of fused-ring (bicyclic) bond motifs is 11. The van der Waals surface area contributed by atoms with Crippen molar-refractivity contribution in [1.29, 1.82) is 0 Å². The van der Waals surface area contributed by atoms with Crippen molar-refractivity contribution in [3.63, 3.8) is 0 Å². The van der Waals surface area contributed by atoms with E-state index in [9.17, 15) is 0 Å². The predicted octanol–water partition coefficient (Wildman–Crippen LogP) is 18.5. The number of hydrogen-bond acceptors (Lipinski definition) is 0. The Morgan fingerprint density at radius 3 is 1.55 bits per heavy atom. The molecule has 312 valence electrons. The van der Waals surface area contributed by atoms with Crippen LogP contribution in [0.2, 0.25) is 0 Å². The summed E-state index contributed by atoms with van der Waals surface area (Å²) in [5.74, 6) is 0. The molecule has 0 aliphatic heterocycles. The van der Waals surface area contributed by atoms with E-state index in [1.807, 2.05) is 0 Å². The first kappa shape index (κ1) is 38.4. The molecule has 1 aliphatic carbocycles. The first-order chi connectivity index (χ1) is 31.3. The van der Waals surface area contributed by atoms with E-state index in [-0.39, 0.29) is 16.2 Å². The lowest BCUT2D eigenvalue weighted by Gasteiger charge is -2.27. The summed E-state index contributed by atoms with van der Waals surface area (Å²) in [7, 11) is 0. The van der Waals surface area contributed by atoms with Crippen molar-refractivity contribution < 1.29 is 0 Å². The zero-order chi connectivity index (χ0) is 44.3. The highest BCUT2D eigenvalue weighted by atomic mass is 14.4. The van der Waals surface area contributed by atoms with Crippen molar-refractivity contribution in [3.05, 3.63) is 192 Å².